The Bertz CT molecular complexity index is 1370. The number of ether oxygens (including phenoxy) is 1. The van der Waals surface area contributed by atoms with Crippen LogP contribution in [0, 0.1) is 5.92 Å². The molecule has 3 atom stereocenters. The minimum Gasteiger partial charge on any atom is -0.406 e. The van der Waals surface area contributed by atoms with Crippen LogP contribution in [0.5, 0.6) is 5.75 Å². The number of amides is 4. The Balaban J connectivity index is 1.55. The maximum absolute atomic E-state index is 13.6. The highest BCUT2D eigenvalue weighted by Gasteiger charge is 2.55. The standard InChI is InChI=1S/C27H27F3N6O4/c1-3-21(17-4-6-19(7-5-17)40-27(28,29)30)34-26(39)36-23(25(38)35(2)18-9-11-32-12-10-18)20(24(36)37)14-16-8-13-33-22(31)15-16/h4-13,15,20-21,23H,3,14H2,1-2H3,(H2,31,33)(H,34,39)/t20-,21?,23+/m1/s1. The summed E-state index contributed by atoms with van der Waals surface area (Å²) in [7, 11) is 1.54. The van der Waals surface area contributed by atoms with Gasteiger partial charge in [-0.25, -0.2) is 9.78 Å². The molecule has 1 fully saturated rings. The fourth-order valence-electron chi connectivity index (χ4n) is 4.57. The van der Waals surface area contributed by atoms with Crippen molar-refractivity contribution >= 4 is 29.4 Å². The van der Waals surface area contributed by atoms with Crippen molar-refractivity contribution in [1.29, 1.82) is 0 Å². The van der Waals surface area contributed by atoms with Gasteiger partial charge in [0, 0.05) is 31.3 Å². The van der Waals surface area contributed by atoms with Crippen LogP contribution in [0.15, 0.2) is 67.1 Å². The first-order valence-electron chi connectivity index (χ1n) is 12.4. The molecule has 0 bridgehead atoms. The SMILES string of the molecule is CCC(NC(=O)N1C(=O)[C@H](Cc2ccnc(N)c2)[C@H]1C(=O)N(C)c1ccncc1)c1ccc(OC(F)(F)F)cc1. The van der Waals surface area contributed by atoms with Crippen molar-refractivity contribution in [3.63, 3.8) is 0 Å². The summed E-state index contributed by atoms with van der Waals surface area (Å²) in [4.78, 5) is 50.4. The molecule has 3 N–H and O–H groups in total. The average Bonchev–Trinajstić information content (AvgIpc) is 2.92. The molecule has 210 valence electrons. The highest BCUT2D eigenvalue weighted by molar-refractivity contribution is 6.12. The van der Waals surface area contributed by atoms with Crippen molar-refractivity contribution in [3.8, 4) is 5.75 Å². The number of imide groups is 1. The summed E-state index contributed by atoms with van der Waals surface area (Å²) in [5, 5.41) is 2.73. The second-order valence-electron chi connectivity index (χ2n) is 9.18. The predicted molar refractivity (Wildman–Crippen MR) is 139 cm³/mol. The second kappa shape index (κ2) is 11.6. The molecule has 10 nitrogen and oxygen atoms in total. The molecule has 0 saturated carbocycles. The number of nitrogens with two attached hydrogens (primary N) is 1. The zero-order valence-electron chi connectivity index (χ0n) is 21.6. The number of anilines is 2. The number of nitrogens with one attached hydrogen (secondary N) is 1. The Kier molecular flexibility index (Phi) is 8.21. The Morgan fingerprint density at radius 3 is 2.40 bits per heavy atom. The number of carbonyl (C=O) groups excluding carboxylic acids is 3. The number of aromatic nitrogens is 2. The molecule has 40 heavy (non-hydrogen) atoms. The van der Waals surface area contributed by atoms with Crippen molar-refractivity contribution in [2.24, 2.45) is 5.92 Å². The van der Waals surface area contributed by atoms with Crippen molar-refractivity contribution in [2.45, 2.75) is 38.2 Å². The quantitative estimate of drug-likeness (QED) is 0.403. The smallest absolute Gasteiger partial charge is 0.406 e. The van der Waals surface area contributed by atoms with Crippen LogP contribution in [0.3, 0.4) is 0 Å². The molecule has 1 aliphatic rings. The molecule has 0 aliphatic carbocycles. The van der Waals surface area contributed by atoms with Gasteiger partial charge in [0.05, 0.1) is 12.0 Å². The van der Waals surface area contributed by atoms with E-state index in [2.05, 4.69) is 20.0 Å². The average molecular weight is 557 g/mol. The minimum absolute atomic E-state index is 0.161. The van der Waals surface area contributed by atoms with Crippen LogP contribution in [0.1, 0.15) is 30.5 Å². The molecule has 4 rings (SSSR count). The molecule has 1 aliphatic heterocycles. The molecule has 1 aromatic carbocycles. The fourth-order valence-corrected chi connectivity index (χ4v) is 4.57. The Labute approximate surface area is 227 Å². The second-order valence-corrected chi connectivity index (χ2v) is 9.18. The summed E-state index contributed by atoms with van der Waals surface area (Å²) >= 11 is 0. The van der Waals surface area contributed by atoms with Crippen LogP contribution in [-0.2, 0) is 16.0 Å². The van der Waals surface area contributed by atoms with Gasteiger partial charge in [0.1, 0.15) is 17.6 Å². The lowest BCUT2D eigenvalue weighted by Crippen LogP contribution is -2.70. The topological polar surface area (TPSA) is 131 Å². The minimum atomic E-state index is -4.83. The number of hydrogen-bond acceptors (Lipinski definition) is 7. The number of carbonyl (C=O) groups is 3. The van der Waals surface area contributed by atoms with E-state index in [-0.39, 0.29) is 12.2 Å². The van der Waals surface area contributed by atoms with Crippen molar-refractivity contribution in [1.82, 2.24) is 20.2 Å². The number of rotatable bonds is 8. The summed E-state index contributed by atoms with van der Waals surface area (Å²) in [5.74, 6) is -2.00. The zero-order valence-corrected chi connectivity index (χ0v) is 21.6. The summed E-state index contributed by atoms with van der Waals surface area (Å²) < 4.78 is 41.4. The van der Waals surface area contributed by atoms with E-state index >= 15 is 0 Å². The lowest BCUT2D eigenvalue weighted by Gasteiger charge is -2.46. The monoisotopic (exact) mass is 556 g/mol. The maximum Gasteiger partial charge on any atom is 0.573 e. The number of likely N-dealkylation sites (tertiary alicyclic amines) is 1. The first-order chi connectivity index (χ1) is 19.0. The van der Waals surface area contributed by atoms with Crippen LogP contribution in [0.25, 0.3) is 0 Å². The van der Waals surface area contributed by atoms with Crippen LogP contribution in [-0.4, -0.2) is 52.2 Å². The molecule has 1 saturated heterocycles. The first-order valence-corrected chi connectivity index (χ1v) is 12.4. The van der Waals surface area contributed by atoms with E-state index in [1.807, 2.05) is 0 Å². The van der Waals surface area contributed by atoms with Crippen LogP contribution in [0.2, 0.25) is 0 Å². The van der Waals surface area contributed by atoms with Gasteiger partial charge in [-0.1, -0.05) is 19.1 Å². The molecular weight excluding hydrogens is 529 g/mol. The Morgan fingerprint density at radius 2 is 1.80 bits per heavy atom. The van der Waals surface area contributed by atoms with Gasteiger partial charge in [-0.3, -0.25) is 19.5 Å². The number of halogens is 3. The molecule has 3 aromatic rings. The van der Waals surface area contributed by atoms with Gasteiger partial charge in [-0.15, -0.1) is 13.2 Å². The van der Waals surface area contributed by atoms with Crippen molar-refractivity contribution in [2.75, 3.05) is 17.7 Å². The number of hydrogen-bond donors (Lipinski definition) is 2. The van der Waals surface area contributed by atoms with E-state index in [1.54, 1.807) is 31.2 Å². The van der Waals surface area contributed by atoms with Gasteiger partial charge in [0.25, 0.3) is 5.91 Å². The van der Waals surface area contributed by atoms with Gasteiger partial charge in [0.15, 0.2) is 0 Å². The lowest BCUT2D eigenvalue weighted by atomic mass is 9.81. The van der Waals surface area contributed by atoms with E-state index < -0.39 is 48.0 Å². The fraction of sp³-hybridized carbons (Fsp3) is 0.296. The summed E-state index contributed by atoms with van der Waals surface area (Å²) in [6.07, 6.45) is 0.222. The molecule has 2 aromatic heterocycles. The molecule has 0 radical (unpaired) electrons. The third-order valence-electron chi connectivity index (χ3n) is 6.59. The van der Waals surface area contributed by atoms with Crippen molar-refractivity contribution < 1.29 is 32.3 Å². The van der Waals surface area contributed by atoms with Gasteiger partial charge in [-0.05, 0) is 60.4 Å². The van der Waals surface area contributed by atoms with Crippen LogP contribution < -0.4 is 20.7 Å². The number of nitrogen functional groups attached to an aromatic ring is 1. The number of pyridine rings is 2. The largest absolute Gasteiger partial charge is 0.573 e. The van der Waals surface area contributed by atoms with Crippen LogP contribution in [0.4, 0.5) is 29.5 Å². The molecule has 3 heterocycles. The number of β-lactam (4-membered cyclic amide) rings is 1. The van der Waals surface area contributed by atoms with Gasteiger partial charge < -0.3 is 20.7 Å². The predicted octanol–water partition coefficient (Wildman–Crippen LogP) is 3.85. The van der Waals surface area contributed by atoms with Crippen molar-refractivity contribution in [3.05, 3.63) is 78.2 Å². The first kappa shape index (κ1) is 28.3. The van der Waals surface area contributed by atoms with E-state index in [0.29, 0.717) is 23.2 Å². The summed E-state index contributed by atoms with van der Waals surface area (Å²) in [6, 6.07) is 9.04. The molecule has 1 unspecified atom stereocenters. The summed E-state index contributed by atoms with van der Waals surface area (Å²) in [5.41, 5.74) is 7.48. The number of likely N-dealkylation sites (N-methyl/N-ethyl adjacent to an activating group) is 1. The van der Waals surface area contributed by atoms with E-state index in [1.165, 1.54) is 42.7 Å². The third kappa shape index (κ3) is 6.30. The highest BCUT2D eigenvalue weighted by atomic mass is 19.4. The van der Waals surface area contributed by atoms with E-state index in [4.69, 9.17) is 5.73 Å². The van der Waals surface area contributed by atoms with E-state index in [9.17, 15) is 27.6 Å². The number of urea groups is 1. The highest BCUT2D eigenvalue weighted by Crippen LogP contribution is 2.34. The Hall–Kier alpha value is -4.68. The zero-order chi connectivity index (χ0) is 29.0. The lowest BCUT2D eigenvalue weighted by molar-refractivity contribution is -0.274. The number of nitrogens with zero attached hydrogens (tertiary/aromatic N) is 4. The van der Waals surface area contributed by atoms with Crippen LogP contribution >= 0.6 is 0 Å². The molecule has 13 heteroatoms. The molecule has 0 spiro atoms. The van der Waals surface area contributed by atoms with E-state index in [0.717, 1.165) is 17.0 Å². The third-order valence-corrected chi connectivity index (χ3v) is 6.59. The summed E-state index contributed by atoms with van der Waals surface area (Å²) in [6.45, 7) is 1.76. The normalized spacial score (nSPS) is 17.5. The van der Waals surface area contributed by atoms with Gasteiger partial charge >= 0.3 is 12.4 Å². The maximum atomic E-state index is 13.6. The Morgan fingerprint density at radius 1 is 1.12 bits per heavy atom. The van der Waals surface area contributed by atoms with Gasteiger partial charge in [0.2, 0.25) is 5.91 Å². The number of alkyl halides is 3. The molecular formula is C27H27F3N6O4. The number of benzene rings is 1. The molecule has 4 amide bonds. The van der Waals surface area contributed by atoms with Gasteiger partial charge in [-0.2, -0.15) is 0 Å².